The molecule has 7 nitrogen and oxygen atoms in total. The van der Waals surface area contributed by atoms with Crippen LogP contribution in [0.2, 0.25) is 0 Å². The van der Waals surface area contributed by atoms with Crippen LogP contribution in [0.25, 0.3) is 0 Å². The lowest BCUT2D eigenvalue weighted by atomic mass is 10.4. The summed E-state index contributed by atoms with van der Waals surface area (Å²) in [5.41, 5.74) is 0.0953. The molecule has 0 saturated heterocycles. The average Bonchev–Trinajstić information content (AvgIpc) is 2.70. The first-order valence-corrected chi connectivity index (χ1v) is 5.26. The van der Waals surface area contributed by atoms with E-state index in [-0.39, 0.29) is 18.0 Å². The van der Waals surface area contributed by atoms with Gasteiger partial charge in [0.05, 0.1) is 17.7 Å². The van der Waals surface area contributed by atoms with Crippen molar-refractivity contribution < 1.29 is 14.5 Å². The summed E-state index contributed by atoms with van der Waals surface area (Å²) in [6.07, 6.45) is 1.34. The number of hydrogen-bond donors (Lipinski definition) is 1. The van der Waals surface area contributed by atoms with Gasteiger partial charge in [0.2, 0.25) is 0 Å². The molecule has 0 bridgehead atoms. The second-order valence-electron chi connectivity index (χ2n) is 3.36. The molecule has 0 fully saturated rings. The van der Waals surface area contributed by atoms with Crippen molar-refractivity contribution in [2.24, 2.45) is 0 Å². The number of carbonyl (C=O) groups is 1. The van der Waals surface area contributed by atoms with Gasteiger partial charge < -0.3 is 14.6 Å². The zero-order chi connectivity index (χ0) is 12.8. The summed E-state index contributed by atoms with van der Waals surface area (Å²) in [6.45, 7) is 3.01. The SMILES string of the molecule is CCOC(=O)c1cc([N+](=O)[O-])cn1CCNC. The Morgan fingerprint density at radius 2 is 2.35 bits per heavy atom. The highest BCUT2D eigenvalue weighted by Gasteiger charge is 2.19. The number of carbonyl (C=O) groups excluding carboxylic acids is 1. The molecule has 0 saturated carbocycles. The quantitative estimate of drug-likeness (QED) is 0.452. The van der Waals surface area contributed by atoms with Gasteiger partial charge in [-0.25, -0.2) is 4.79 Å². The molecular formula is C10H15N3O4. The van der Waals surface area contributed by atoms with Crippen LogP contribution in [0.15, 0.2) is 12.3 Å². The Bertz CT molecular complexity index is 414. The Morgan fingerprint density at radius 3 is 2.88 bits per heavy atom. The van der Waals surface area contributed by atoms with E-state index in [1.165, 1.54) is 16.8 Å². The lowest BCUT2D eigenvalue weighted by Gasteiger charge is -2.06. The van der Waals surface area contributed by atoms with Crippen LogP contribution < -0.4 is 5.32 Å². The summed E-state index contributed by atoms with van der Waals surface area (Å²) in [7, 11) is 1.77. The van der Waals surface area contributed by atoms with Crippen molar-refractivity contribution in [3.63, 3.8) is 0 Å². The topological polar surface area (TPSA) is 86.4 Å². The molecule has 1 aromatic rings. The monoisotopic (exact) mass is 241 g/mol. The molecular weight excluding hydrogens is 226 g/mol. The molecule has 1 rings (SSSR count). The standard InChI is InChI=1S/C10H15N3O4/c1-3-17-10(14)9-6-8(13(15)16)7-12(9)5-4-11-2/h6-7,11H,3-5H2,1-2H3. The molecule has 0 aliphatic heterocycles. The number of nitrogens with one attached hydrogen (secondary N) is 1. The largest absolute Gasteiger partial charge is 0.461 e. The maximum Gasteiger partial charge on any atom is 0.355 e. The van der Waals surface area contributed by atoms with E-state index in [1.54, 1.807) is 14.0 Å². The highest BCUT2D eigenvalue weighted by molar-refractivity contribution is 5.88. The van der Waals surface area contributed by atoms with Gasteiger partial charge in [0, 0.05) is 19.2 Å². The molecule has 1 heterocycles. The van der Waals surface area contributed by atoms with E-state index in [0.717, 1.165) is 0 Å². The third kappa shape index (κ3) is 3.28. The summed E-state index contributed by atoms with van der Waals surface area (Å²) in [6, 6.07) is 1.23. The van der Waals surface area contributed by atoms with Crippen LogP contribution in [-0.4, -0.2) is 35.7 Å². The summed E-state index contributed by atoms with van der Waals surface area (Å²) in [5.74, 6) is -0.545. The van der Waals surface area contributed by atoms with Gasteiger partial charge in [0.1, 0.15) is 5.69 Å². The number of ether oxygens (including phenoxy) is 1. The first-order valence-electron chi connectivity index (χ1n) is 5.26. The van der Waals surface area contributed by atoms with Crippen LogP contribution in [0, 0.1) is 10.1 Å². The van der Waals surface area contributed by atoms with Crippen LogP contribution in [-0.2, 0) is 11.3 Å². The van der Waals surface area contributed by atoms with Crippen molar-refractivity contribution in [3.05, 3.63) is 28.1 Å². The molecule has 0 aromatic carbocycles. The number of nitro groups is 1. The van der Waals surface area contributed by atoms with Gasteiger partial charge in [-0.1, -0.05) is 0 Å². The Hall–Kier alpha value is -1.89. The highest BCUT2D eigenvalue weighted by atomic mass is 16.6. The van der Waals surface area contributed by atoms with Gasteiger partial charge in [-0.3, -0.25) is 10.1 Å². The maximum atomic E-state index is 11.6. The Labute approximate surface area is 98.5 Å². The Morgan fingerprint density at radius 1 is 1.65 bits per heavy atom. The van der Waals surface area contributed by atoms with Crippen molar-refractivity contribution in [2.75, 3.05) is 20.2 Å². The minimum atomic E-state index is -0.545. The van der Waals surface area contributed by atoms with Crippen LogP contribution in [0.1, 0.15) is 17.4 Å². The van der Waals surface area contributed by atoms with Crippen LogP contribution in [0.3, 0.4) is 0 Å². The van der Waals surface area contributed by atoms with Crippen LogP contribution >= 0.6 is 0 Å². The fourth-order valence-corrected chi connectivity index (χ4v) is 1.39. The van der Waals surface area contributed by atoms with Gasteiger partial charge in [-0.15, -0.1) is 0 Å². The minimum Gasteiger partial charge on any atom is -0.461 e. The number of esters is 1. The van der Waals surface area contributed by atoms with Crippen molar-refractivity contribution in [3.8, 4) is 0 Å². The number of nitrogens with zero attached hydrogens (tertiary/aromatic N) is 2. The van der Waals surface area contributed by atoms with Crippen LogP contribution in [0.4, 0.5) is 5.69 Å². The van der Waals surface area contributed by atoms with E-state index in [4.69, 9.17) is 4.74 Å². The minimum absolute atomic E-state index is 0.107. The predicted molar refractivity (Wildman–Crippen MR) is 61.0 cm³/mol. The number of hydrogen-bond acceptors (Lipinski definition) is 5. The molecule has 94 valence electrons. The van der Waals surface area contributed by atoms with E-state index in [2.05, 4.69) is 5.32 Å². The number of rotatable bonds is 6. The van der Waals surface area contributed by atoms with Crippen molar-refractivity contribution >= 4 is 11.7 Å². The number of aromatic nitrogens is 1. The third-order valence-corrected chi connectivity index (χ3v) is 2.18. The van der Waals surface area contributed by atoms with E-state index >= 15 is 0 Å². The van der Waals surface area contributed by atoms with E-state index in [0.29, 0.717) is 13.1 Å². The average molecular weight is 241 g/mol. The zero-order valence-electron chi connectivity index (χ0n) is 9.80. The molecule has 0 atom stereocenters. The molecule has 1 aromatic heterocycles. The molecule has 7 heteroatoms. The van der Waals surface area contributed by atoms with Gasteiger partial charge >= 0.3 is 5.97 Å². The molecule has 0 unspecified atom stereocenters. The second kappa shape index (κ2) is 6.00. The summed E-state index contributed by atoms with van der Waals surface area (Å²) in [4.78, 5) is 21.7. The third-order valence-electron chi connectivity index (χ3n) is 2.18. The maximum absolute atomic E-state index is 11.6. The van der Waals surface area contributed by atoms with Gasteiger partial charge in [0.15, 0.2) is 0 Å². The predicted octanol–water partition coefficient (Wildman–Crippen LogP) is 0.792. The molecule has 0 amide bonds. The summed E-state index contributed by atoms with van der Waals surface area (Å²) >= 11 is 0. The molecule has 0 aliphatic rings. The van der Waals surface area contributed by atoms with Crippen molar-refractivity contribution in [1.29, 1.82) is 0 Å². The van der Waals surface area contributed by atoms with E-state index in [9.17, 15) is 14.9 Å². The lowest BCUT2D eigenvalue weighted by molar-refractivity contribution is -0.384. The molecule has 17 heavy (non-hydrogen) atoms. The first kappa shape index (κ1) is 13.2. The second-order valence-corrected chi connectivity index (χ2v) is 3.36. The fraction of sp³-hybridized carbons (Fsp3) is 0.500. The normalized spacial score (nSPS) is 10.2. The van der Waals surface area contributed by atoms with Crippen molar-refractivity contribution in [2.45, 2.75) is 13.5 Å². The Kier molecular flexibility index (Phi) is 4.65. The van der Waals surface area contributed by atoms with Crippen LogP contribution in [0.5, 0.6) is 0 Å². The molecule has 0 radical (unpaired) electrons. The smallest absolute Gasteiger partial charge is 0.355 e. The van der Waals surface area contributed by atoms with Crippen molar-refractivity contribution in [1.82, 2.24) is 9.88 Å². The summed E-state index contributed by atoms with van der Waals surface area (Å²) < 4.78 is 6.36. The van der Waals surface area contributed by atoms with Gasteiger partial charge in [-0.2, -0.15) is 0 Å². The lowest BCUT2D eigenvalue weighted by Crippen LogP contribution is -2.18. The number of likely N-dealkylation sites (N-methyl/N-ethyl adjacent to an activating group) is 1. The fourth-order valence-electron chi connectivity index (χ4n) is 1.39. The first-order chi connectivity index (χ1) is 8.10. The zero-order valence-corrected chi connectivity index (χ0v) is 9.80. The molecule has 0 spiro atoms. The van der Waals surface area contributed by atoms with Gasteiger partial charge in [0.25, 0.3) is 5.69 Å². The summed E-state index contributed by atoms with van der Waals surface area (Å²) in [5, 5.41) is 13.6. The Balaban J connectivity index is 2.98. The molecule has 1 N–H and O–H groups in total. The molecule has 0 aliphatic carbocycles. The highest BCUT2D eigenvalue weighted by Crippen LogP contribution is 2.17. The van der Waals surface area contributed by atoms with E-state index < -0.39 is 10.9 Å². The van der Waals surface area contributed by atoms with Gasteiger partial charge in [-0.05, 0) is 14.0 Å². The van der Waals surface area contributed by atoms with E-state index in [1.807, 2.05) is 0 Å².